The van der Waals surface area contributed by atoms with Crippen LogP contribution in [-0.4, -0.2) is 12.1 Å². The van der Waals surface area contributed by atoms with Gasteiger partial charge in [0.1, 0.15) is 0 Å². The fourth-order valence-electron chi connectivity index (χ4n) is 3.47. The van der Waals surface area contributed by atoms with Gasteiger partial charge in [0.15, 0.2) is 0 Å². The Kier molecular flexibility index (Phi) is 3.90. The number of benzene rings is 1. The monoisotopic (exact) mass is 258 g/mol. The molecular weight excluding hydrogens is 232 g/mol. The highest BCUT2D eigenvalue weighted by Gasteiger charge is 2.25. The van der Waals surface area contributed by atoms with Gasteiger partial charge in [-0.2, -0.15) is 0 Å². The van der Waals surface area contributed by atoms with E-state index in [0.717, 1.165) is 19.6 Å². The molecule has 0 aromatic heterocycles. The molecule has 1 saturated carbocycles. The van der Waals surface area contributed by atoms with E-state index < -0.39 is 0 Å². The number of fused-ring (bicyclic) bond motifs is 1. The van der Waals surface area contributed by atoms with Crippen LogP contribution in [0.5, 0.6) is 0 Å². The van der Waals surface area contributed by atoms with Gasteiger partial charge in [-0.05, 0) is 49.4 Å². The molecule has 1 aliphatic heterocycles. The van der Waals surface area contributed by atoms with Gasteiger partial charge in [-0.3, -0.25) is 0 Å². The topological polar surface area (TPSA) is 24.1 Å². The first-order valence-electron chi connectivity index (χ1n) is 7.82. The van der Waals surface area contributed by atoms with E-state index in [2.05, 4.69) is 35.8 Å². The summed E-state index contributed by atoms with van der Waals surface area (Å²) in [5.41, 5.74) is 4.84. The minimum Gasteiger partial charge on any atom is -0.312 e. The lowest BCUT2D eigenvalue weighted by molar-refractivity contribution is 0.252. The van der Waals surface area contributed by atoms with Crippen LogP contribution in [0, 0.1) is 0 Å². The maximum atomic E-state index is 3.80. The van der Waals surface area contributed by atoms with Gasteiger partial charge in [-0.25, -0.2) is 0 Å². The zero-order chi connectivity index (χ0) is 13.1. The lowest BCUT2D eigenvalue weighted by atomic mass is 9.83. The van der Waals surface area contributed by atoms with Gasteiger partial charge in [-0.15, -0.1) is 0 Å². The Morgan fingerprint density at radius 1 is 1.16 bits per heavy atom. The summed E-state index contributed by atoms with van der Waals surface area (Å²) in [6, 6.07) is 7.03. The highest BCUT2D eigenvalue weighted by molar-refractivity contribution is 5.33. The van der Waals surface area contributed by atoms with Gasteiger partial charge >= 0.3 is 0 Å². The van der Waals surface area contributed by atoms with Crippen LogP contribution in [0.15, 0.2) is 18.2 Å². The quantitative estimate of drug-likeness (QED) is 0.870. The molecule has 2 N–H and O–H groups in total. The third-order valence-electron chi connectivity index (χ3n) is 4.83. The highest BCUT2D eigenvalue weighted by Crippen LogP contribution is 2.28. The van der Waals surface area contributed by atoms with Crippen LogP contribution in [0.1, 0.15) is 55.7 Å². The van der Waals surface area contributed by atoms with E-state index in [9.17, 15) is 0 Å². The molecule has 19 heavy (non-hydrogen) atoms. The predicted molar refractivity (Wildman–Crippen MR) is 80.2 cm³/mol. The van der Waals surface area contributed by atoms with E-state index in [1.165, 1.54) is 55.2 Å². The molecule has 3 rings (SSSR count). The van der Waals surface area contributed by atoms with Crippen molar-refractivity contribution < 1.29 is 0 Å². The second-order valence-electron chi connectivity index (χ2n) is 6.50. The van der Waals surface area contributed by atoms with Crippen LogP contribution in [0.4, 0.5) is 0 Å². The smallest absolute Gasteiger partial charge is 0.0210 e. The summed E-state index contributed by atoms with van der Waals surface area (Å²) >= 11 is 0. The molecule has 1 fully saturated rings. The Labute approximate surface area is 117 Å². The molecule has 2 nitrogen and oxygen atoms in total. The normalized spacial score (nSPS) is 21.9. The fraction of sp³-hybridized carbons (Fsp3) is 0.647. The van der Waals surface area contributed by atoms with Gasteiger partial charge in [0, 0.05) is 18.6 Å². The zero-order valence-electron chi connectivity index (χ0n) is 12.1. The largest absolute Gasteiger partial charge is 0.312 e. The molecule has 1 heterocycles. The van der Waals surface area contributed by atoms with E-state index in [0.29, 0.717) is 5.54 Å². The average molecular weight is 258 g/mol. The second-order valence-corrected chi connectivity index (χ2v) is 6.50. The first-order chi connectivity index (χ1) is 9.25. The Balaban J connectivity index is 1.63. The summed E-state index contributed by atoms with van der Waals surface area (Å²) in [5.74, 6) is 0. The fourth-order valence-corrected chi connectivity index (χ4v) is 3.47. The van der Waals surface area contributed by atoms with Crippen LogP contribution in [-0.2, 0) is 19.5 Å². The Hall–Kier alpha value is -0.860. The van der Waals surface area contributed by atoms with Crippen LogP contribution >= 0.6 is 0 Å². The van der Waals surface area contributed by atoms with E-state index >= 15 is 0 Å². The van der Waals surface area contributed by atoms with Gasteiger partial charge in [0.25, 0.3) is 0 Å². The van der Waals surface area contributed by atoms with Crippen molar-refractivity contribution in [2.45, 2.75) is 64.1 Å². The van der Waals surface area contributed by atoms with E-state index in [-0.39, 0.29) is 0 Å². The van der Waals surface area contributed by atoms with Crippen molar-refractivity contribution in [3.63, 3.8) is 0 Å². The maximum absolute atomic E-state index is 3.80. The van der Waals surface area contributed by atoms with Crippen molar-refractivity contribution >= 4 is 0 Å². The molecule has 0 unspecified atom stereocenters. The summed E-state index contributed by atoms with van der Waals surface area (Å²) in [4.78, 5) is 0. The maximum Gasteiger partial charge on any atom is 0.0210 e. The SMILES string of the molecule is CC1(NCc2ccc3c(c2)CNCC3)CCCCC1. The molecule has 0 atom stereocenters. The highest BCUT2D eigenvalue weighted by atomic mass is 15.0. The van der Waals surface area contributed by atoms with Crippen molar-refractivity contribution in [2.24, 2.45) is 0 Å². The van der Waals surface area contributed by atoms with Crippen molar-refractivity contribution in [3.05, 3.63) is 34.9 Å². The molecule has 0 spiro atoms. The third kappa shape index (κ3) is 3.18. The molecule has 1 aromatic carbocycles. The van der Waals surface area contributed by atoms with Crippen molar-refractivity contribution in [3.8, 4) is 0 Å². The molecule has 0 saturated heterocycles. The van der Waals surface area contributed by atoms with Gasteiger partial charge in [-0.1, -0.05) is 37.5 Å². The lowest BCUT2D eigenvalue weighted by Gasteiger charge is -2.35. The van der Waals surface area contributed by atoms with Crippen molar-refractivity contribution in [1.29, 1.82) is 0 Å². The number of hydrogen-bond donors (Lipinski definition) is 2. The van der Waals surface area contributed by atoms with Crippen LogP contribution in [0.3, 0.4) is 0 Å². The van der Waals surface area contributed by atoms with Crippen molar-refractivity contribution in [1.82, 2.24) is 10.6 Å². The van der Waals surface area contributed by atoms with Crippen LogP contribution in [0.2, 0.25) is 0 Å². The first kappa shape index (κ1) is 13.1. The summed E-state index contributed by atoms with van der Waals surface area (Å²) < 4.78 is 0. The van der Waals surface area contributed by atoms with E-state index in [4.69, 9.17) is 0 Å². The average Bonchev–Trinajstić information content (AvgIpc) is 2.46. The summed E-state index contributed by atoms with van der Waals surface area (Å²) in [6.45, 7) is 5.58. The van der Waals surface area contributed by atoms with Gasteiger partial charge < -0.3 is 10.6 Å². The summed E-state index contributed by atoms with van der Waals surface area (Å²) in [6.07, 6.45) is 8.04. The molecule has 104 valence electrons. The summed E-state index contributed by atoms with van der Waals surface area (Å²) in [7, 11) is 0. The molecule has 1 aromatic rings. The predicted octanol–water partition coefficient (Wildman–Crippen LogP) is 3.14. The molecule has 0 bridgehead atoms. The van der Waals surface area contributed by atoms with Crippen molar-refractivity contribution in [2.75, 3.05) is 6.54 Å². The minimum atomic E-state index is 0.367. The summed E-state index contributed by atoms with van der Waals surface area (Å²) in [5, 5.41) is 7.26. The first-order valence-corrected chi connectivity index (χ1v) is 7.82. The Bertz CT molecular complexity index is 433. The molecule has 1 aliphatic carbocycles. The Morgan fingerprint density at radius 3 is 2.84 bits per heavy atom. The van der Waals surface area contributed by atoms with E-state index in [1.807, 2.05) is 0 Å². The lowest BCUT2D eigenvalue weighted by Crippen LogP contribution is -2.43. The standard InChI is InChI=1S/C17H26N2/c1-17(8-3-2-4-9-17)19-12-14-5-6-15-7-10-18-13-16(15)11-14/h5-6,11,18-19H,2-4,7-10,12-13H2,1H3. The van der Waals surface area contributed by atoms with Crippen LogP contribution in [0.25, 0.3) is 0 Å². The zero-order valence-corrected chi connectivity index (χ0v) is 12.1. The minimum absolute atomic E-state index is 0.367. The molecule has 0 amide bonds. The van der Waals surface area contributed by atoms with Gasteiger partial charge in [0.05, 0.1) is 0 Å². The Morgan fingerprint density at radius 2 is 2.00 bits per heavy atom. The van der Waals surface area contributed by atoms with Gasteiger partial charge in [0.2, 0.25) is 0 Å². The number of rotatable bonds is 3. The molecule has 2 heteroatoms. The number of hydrogen-bond acceptors (Lipinski definition) is 2. The van der Waals surface area contributed by atoms with Crippen LogP contribution < -0.4 is 10.6 Å². The number of nitrogens with one attached hydrogen (secondary N) is 2. The second kappa shape index (κ2) is 5.64. The molecule has 2 aliphatic rings. The van der Waals surface area contributed by atoms with E-state index in [1.54, 1.807) is 0 Å². The third-order valence-corrected chi connectivity index (χ3v) is 4.83. The molecule has 0 radical (unpaired) electrons. The molecular formula is C17H26N2.